The molecule has 5 rings (SSSR count). The molecule has 0 unspecified atom stereocenters. The molecule has 0 fully saturated rings. The van der Waals surface area contributed by atoms with Gasteiger partial charge in [0.25, 0.3) is 5.91 Å². The number of carbonyl (C=O) groups excluding carboxylic acids is 1. The van der Waals surface area contributed by atoms with Crippen molar-refractivity contribution >= 4 is 28.7 Å². The van der Waals surface area contributed by atoms with Crippen LogP contribution in [0, 0.1) is 6.92 Å². The predicted octanol–water partition coefficient (Wildman–Crippen LogP) is 4.00. The van der Waals surface area contributed by atoms with Crippen LogP contribution in [0.5, 0.6) is 0 Å². The Bertz CT molecular complexity index is 1430. The summed E-state index contributed by atoms with van der Waals surface area (Å²) in [7, 11) is 1.86. The summed E-state index contributed by atoms with van der Waals surface area (Å²) in [6.07, 6.45) is 5.23. The van der Waals surface area contributed by atoms with E-state index in [-0.39, 0.29) is 5.91 Å². The first-order valence-corrected chi connectivity index (χ1v) is 9.75. The van der Waals surface area contributed by atoms with Gasteiger partial charge in [-0.2, -0.15) is 15.2 Å². The second-order valence-corrected chi connectivity index (χ2v) is 7.37. The summed E-state index contributed by atoms with van der Waals surface area (Å²) in [6, 6.07) is 10.8. The third kappa shape index (κ3) is 3.55. The van der Waals surface area contributed by atoms with Crippen molar-refractivity contribution in [1.82, 2.24) is 29.5 Å². The standard InChI is InChI=1S/C21H16ClN7O2/c1-12-24-20(27-31-12)13-3-5-16(22)18(9-13)25-21(30)15-10-23-29-11-14(4-6-19(15)29)17-7-8-28(2)26-17/h3-11H,1-2H3,(H,25,30). The molecular weight excluding hydrogens is 418 g/mol. The van der Waals surface area contributed by atoms with E-state index in [4.69, 9.17) is 16.1 Å². The molecule has 0 radical (unpaired) electrons. The van der Waals surface area contributed by atoms with Crippen LogP contribution in [0.2, 0.25) is 5.02 Å². The van der Waals surface area contributed by atoms with Crippen molar-refractivity contribution in [2.75, 3.05) is 5.32 Å². The Morgan fingerprint density at radius 3 is 2.74 bits per heavy atom. The van der Waals surface area contributed by atoms with Crippen molar-refractivity contribution in [2.24, 2.45) is 7.05 Å². The van der Waals surface area contributed by atoms with Crippen molar-refractivity contribution in [1.29, 1.82) is 0 Å². The minimum atomic E-state index is -0.330. The average Bonchev–Trinajstić information content (AvgIpc) is 3.48. The van der Waals surface area contributed by atoms with Crippen LogP contribution in [-0.2, 0) is 7.05 Å². The van der Waals surface area contributed by atoms with Crippen molar-refractivity contribution in [3.63, 3.8) is 0 Å². The fraction of sp³-hybridized carbons (Fsp3) is 0.0952. The van der Waals surface area contributed by atoms with E-state index < -0.39 is 0 Å². The van der Waals surface area contributed by atoms with Crippen LogP contribution in [0.1, 0.15) is 16.2 Å². The van der Waals surface area contributed by atoms with Gasteiger partial charge in [-0.3, -0.25) is 9.48 Å². The number of benzene rings is 1. The highest BCUT2D eigenvalue weighted by atomic mass is 35.5. The first-order valence-electron chi connectivity index (χ1n) is 9.37. The van der Waals surface area contributed by atoms with Gasteiger partial charge in [0.05, 0.1) is 33.7 Å². The first-order chi connectivity index (χ1) is 15.0. The molecule has 1 aromatic carbocycles. The van der Waals surface area contributed by atoms with Gasteiger partial charge in [-0.15, -0.1) is 0 Å². The van der Waals surface area contributed by atoms with Crippen LogP contribution < -0.4 is 5.32 Å². The Morgan fingerprint density at radius 1 is 1.16 bits per heavy atom. The maximum absolute atomic E-state index is 13.0. The number of amides is 1. The van der Waals surface area contributed by atoms with Gasteiger partial charge in [-0.05, 0) is 36.4 Å². The van der Waals surface area contributed by atoms with Crippen molar-refractivity contribution in [3.05, 3.63) is 71.5 Å². The van der Waals surface area contributed by atoms with Crippen molar-refractivity contribution in [2.45, 2.75) is 6.92 Å². The van der Waals surface area contributed by atoms with Gasteiger partial charge < -0.3 is 9.84 Å². The molecule has 0 saturated heterocycles. The lowest BCUT2D eigenvalue weighted by molar-refractivity contribution is 0.102. The molecular formula is C21H16ClN7O2. The average molecular weight is 434 g/mol. The number of rotatable bonds is 4. The number of anilines is 1. The molecule has 1 N–H and O–H groups in total. The van der Waals surface area contributed by atoms with E-state index in [9.17, 15) is 4.79 Å². The molecule has 0 aliphatic rings. The quantitative estimate of drug-likeness (QED) is 0.459. The molecule has 1 amide bonds. The van der Waals surface area contributed by atoms with Crippen LogP contribution >= 0.6 is 11.6 Å². The fourth-order valence-corrected chi connectivity index (χ4v) is 3.41. The molecule has 31 heavy (non-hydrogen) atoms. The van der Waals surface area contributed by atoms with Crippen molar-refractivity contribution < 1.29 is 9.32 Å². The van der Waals surface area contributed by atoms with E-state index in [1.54, 1.807) is 34.3 Å². The van der Waals surface area contributed by atoms with E-state index in [1.165, 1.54) is 6.20 Å². The monoisotopic (exact) mass is 433 g/mol. The van der Waals surface area contributed by atoms with Crippen LogP contribution in [0.15, 0.2) is 59.5 Å². The molecule has 0 aliphatic heterocycles. The number of hydrogen-bond acceptors (Lipinski definition) is 6. The zero-order valence-corrected chi connectivity index (χ0v) is 17.3. The molecule has 0 aliphatic carbocycles. The Labute approximate surface area is 181 Å². The van der Waals surface area contributed by atoms with Gasteiger partial charge in [0.15, 0.2) is 0 Å². The zero-order valence-electron chi connectivity index (χ0n) is 16.6. The lowest BCUT2D eigenvalue weighted by Crippen LogP contribution is -2.12. The van der Waals surface area contributed by atoms with Gasteiger partial charge in [0, 0.05) is 37.5 Å². The van der Waals surface area contributed by atoms with E-state index in [0.29, 0.717) is 39.1 Å². The molecule has 5 aromatic rings. The molecule has 4 aromatic heterocycles. The predicted molar refractivity (Wildman–Crippen MR) is 115 cm³/mol. The Hall–Kier alpha value is -3.98. The summed E-state index contributed by atoms with van der Waals surface area (Å²) in [5.74, 6) is 0.540. The van der Waals surface area contributed by atoms with E-state index in [1.807, 2.05) is 37.6 Å². The largest absolute Gasteiger partial charge is 0.339 e. The molecule has 0 spiro atoms. The van der Waals surface area contributed by atoms with E-state index >= 15 is 0 Å². The number of hydrogen-bond donors (Lipinski definition) is 1. The number of carbonyl (C=O) groups is 1. The second-order valence-electron chi connectivity index (χ2n) is 6.97. The topological polar surface area (TPSA) is 103 Å². The normalized spacial score (nSPS) is 11.2. The van der Waals surface area contributed by atoms with Crippen LogP contribution in [0.4, 0.5) is 5.69 Å². The molecule has 9 nitrogen and oxygen atoms in total. The van der Waals surface area contributed by atoms with Gasteiger partial charge in [0.1, 0.15) is 0 Å². The smallest absolute Gasteiger partial charge is 0.259 e. The van der Waals surface area contributed by atoms with Gasteiger partial charge >= 0.3 is 0 Å². The number of aryl methyl sites for hydroxylation is 2. The third-order valence-electron chi connectivity index (χ3n) is 4.77. The highest BCUT2D eigenvalue weighted by Gasteiger charge is 2.16. The van der Waals surface area contributed by atoms with Gasteiger partial charge in [0.2, 0.25) is 11.7 Å². The number of nitrogens with one attached hydrogen (secondary N) is 1. The number of pyridine rings is 1. The summed E-state index contributed by atoms with van der Waals surface area (Å²) >= 11 is 6.29. The summed E-state index contributed by atoms with van der Waals surface area (Å²) in [6.45, 7) is 1.71. The summed E-state index contributed by atoms with van der Waals surface area (Å²) in [5, 5.41) is 15.9. The number of fused-ring (bicyclic) bond motifs is 1. The number of halogens is 1. The number of aromatic nitrogens is 6. The minimum Gasteiger partial charge on any atom is -0.339 e. The second kappa shape index (κ2) is 7.37. The Kier molecular flexibility index (Phi) is 4.52. The molecule has 0 saturated carbocycles. The lowest BCUT2D eigenvalue weighted by atomic mass is 10.1. The maximum Gasteiger partial charge on any atom is 0.259 e. The highest BCUT2D eigenvalue weighted by molar-refractivity contribution is 6.34. The first kappa shape index (κ1) is 19.0. The van der Waals surface area contributed by atoms with Crippen LogP contribution in [-0.4, -0.2) is 35.4 Å². The third-order valence-corrected chi connectivity index (χ3v) is 5.10. The van der Waals surface area contributed by atoms with Crippen molar-refractivity contribution in [3.8, 4) is 22.6 Å². The summed E-state index contributed by atoms with van der Waals surface area (Å²) in [5.41, 5.74) is 3.93. The SMILES string of the molecule is Cc1nc(-c2ccc(Cl)c(NC(=O)c3cnn4cc(-c5ccn(C)n5)ccc34)c2)no1. The summed E-state index contributed by atoms with van der Waals surface area (Å²) < 4.78 is 8.41. The summed E-state index contributed by atoms with van der Waals surface area (Å²) in [4.78, 5) is 17.2. The molecule has 10 heteroatoms. The zero-order chi connectivity index (χ0) is 21.5. The van der Waals surface area contributed by atoms with Crippen LogP contribution in [0.25, 0.3) is 28.2 Å². The van der Waals surface area contributed by atoms with E-state index in [0.717, 1.165) is 11.3 Å². The molecule has 154 valence electrons. The fourth-order valence-electron chi connectivity index (χ4n) is 3.25. The number of nitrogens with zero attached hydrogens (tertiary/aromatic N) is 6. The van der Waals surface area contributed by atoms with Gasteiger partial charge in [-0.1, -0.05) is 16.8 Å². The van der Waals surface area contributed by atoms with Gasteiger partial charge in [-0.25, -0.2) is 4.52 Å². The Balaban J connectivity index is 1.44. The van der Waals surface area contributed by atoms with Crippen LogP contribution in [0.3, 0.4) is 0 Å². The Morgan fingerprint density at radius 2 is 2.00 bits per heavy atom. The molecule has 4 heterocycles. The minimum absolute atomic E-state index is 0.330. The molecule has 0 atom stereocenters. The lowest BCUT2D eigenvalue weighted by Gasteiger charge is -2.08. The maximum atomic E-state index is 13.0. The highest BCUT2D eigenvalue weighted by Crippen LogP contribution is 2.28. The van der Waals surface area contributed by atoms with E-state index in [2.05, 4.69) is 25.7 Å². The molecule has 0 bridgehead atoms.